The van der Waals surface area contributed by atoms with Crippen LogP contribution in [0, 0.1) is 17.5 Å². The number of nitrogens with zero attached hydrogens (tertiary/aromatic N) is 1. The summed E-state index contributed by atoms with van der Waals surface area (Å²) in [6.45, 7) is 0. The van der Waals surface area contributed by atoms with E-state index in [1.54, 1.807) is 6.07 Å². The van der Waals surface area contributed by atoms with Gasteiger partial charge in [-0.3, -0.25) is 4.79 Å². The number of halogens is 3. The third-order valence-corrected chi connectivity index (χ3v) is 4.53. The van der Waals surface area contributed by atoms with E-state index in [0.717, 1.165) is 17.7 Å². The summed E-state index contributed by atoms with van der Waals surface area (Å²) in [6.07, 6.45) is 1.01. The van der Waals surface area contributed by atoms with E-state index in [9.17, 15) is 18.0 Å². The molecule has 26 heavy (non-hydrogen) atoms. The van der Waals surface area contributed by atoms with Gasteiger partial charge < -0.3 is 9.84 Å². The van der Waals surface area contributed by atoms with Gasteiger partial charge in [0.15, 0.2) is 23.2 Å². The van der Waals surface area contributed by atoms with E-state index in [4.69, 9.17) is 4.52 Å². The van der Waals surface area contributed by atoms with Gasteiger partial charge >= 0.3 is 0 Å². The minimum absolute atomic E-state index is 0.410. The van der Waals surface area contributed by atoms with Gasteiger partial charge in [0, 0.05) is 11.6 Å². The topological polar surface area (TPSA) is 55.1 Å². The van der Waals surface area contributed by atoms with Gasteiger partial charge in [0.05, 0.1) is 16.8 Å². The first-order valence-electron chi connectivity index (χ1n) is 7.99. The molecule has 0 atom stereocenters. The van der Waals surface area contributed by atoms with E-state index < -0.39 is 34.5 Å². The second-order valence-electron chi connectivity index (χ2n) is 6.20. The molecule has 4 nitrogen and oxygen atoms in total. The number of hydrogen-bond acceptors (Lipinski definition) is 3. The average molecular weight is 358 g/mol. The molecule has 1 aromatic heterocycles. The molecule has 1 aliphatic carbocycles. The number of rotatable bonds is 4. The highest BCUT2D eigenvalue weighted by Crippen LogP contribution is 2.49. The van der Waals surface area contributed by atoms with Crippen LogP contribution in [0.1, 0.15) is 18.5 Å². The molecular weight excluding hydrogens is 345 g/mol. The number of carbonyl (C=O) groups is 1. The molecule has 4 rings (SSSR count). The first-order valence-corrected chi connectivity index (χ1v) is 7.99. The van der Waals surface area contributed by atoms with Crippen LogP contribution in [0.2, 0.25) is 0 Å². The van der Waals surface area contributed by atoms with Gasteiger partial charge in [0.1, 0.15) is 0 Å². The van der Waals surface area contributed by atoms with Crippen LogP contribution in [0.15, 0.2) is 53.1 Å². The molecule has 1 saturated carbocycles. The summed E-state index contributed by atoms with van der Waals surface area (Å²) >= 11 is 0. The number of nitrogens with one attached hydrogen (secondary N) is 1. The molecule has 0 saturated heterocycles. The van der Waals surface area contributed by atoms with E-state index in [2.05, 4.69) is 10.5 Å². The second-order valence-corrected chi connectivity index (χ2v) is 6.20. The lowest BCUT2D eigenvalue weighted by molar-refractivity contribution is -0.118. The number of benzene rings is 2. The van der Waals surface area contributed by atoms with Gasteiger partial charge in [0.2, 0.25) is 5.91 Å². The molecule has 1 N–H and O–H groups in total. The molecule has 0 spiro atoms. The van der Waals surface area contributed by atoms with Crippen molar-refractivity contribution in [3.05, 3.63) is 71.7 Å². The van der Waals surface area contributed by atoms with Crippen molar-refractivity contribution < 1.29 is 22.5 Å². The molecule has 0 bridgehead atoms. The molecule has 2 aromatic carbocycles. The summed E-state index contributed by atoms with van der Waals surface area (Å²) in [6, 6.07) is 12.7. The fourth-order valence-electron chi connectivity index (χ4n) is 2.83. The summed E-state index contributed by atoms with van der Waals surface area (Å²) in [5, 5.41) is 6.31. The Hall–Kier alpha value is -3.09. The van der Waals surface area contributed by atoms with Crippen LogP contribution < -0.4 is 5.32 Å². The average Bonchev–Trinajstić information content (AvgIpc) is 3.33. The highest BCUT2D eigenvalue weighted by molar-refractivity contribution is 6.01. The highest BCUT2D eigenvalue weighted by Gasteiger charge is 2.54. The van der Waals surface area contributed by atoms with Crippen LogP contribution in [0.3, 0.4) is 0 Å². The van der Waals surface area contributed by atoms with Gasteiger partial charge in [-0.05, 0) is 25.0 Å². The Balaban J connectivity index is 1.59. The number of anilines is 1. The van der Waals surface area contributed by atoms with Crippen LogP contribution in [0.4, 0.5) is 18.9 Å². The molecule has 1 fully saturated rings. The maximum atomic E-state index is 13.8. The summed E-state index contributed by atoms with van der Waals surface area (Å²) in [5.41, 5.74) is -0.119. The van der Waals surface area contributed by atoms with E-state index >= 15 is 0 Å². The van der Waals surface area contributed by atoms with Crippen LogP contribution in [-0.2, 0) is 10.2 Å². The minimum atomic E-state index is -1.62. The number of hydrogen-bond donors (Lipinski definition) is 1. The molecule has 1 amide bonds. The zero-order chi connectivity index (χ0) is 18.3. The Labute approximate surface area is 146 Å². The maximum absolute atomic E-state index is 13.8. The quantitative estimate of drug-likeness (QED) is 0.702. The summed E-state index contributed by atoms with van der Waals surface area (Å²) < 4.78 is 45.5. The van der Waals surface area contributed by atoms with Crippen LogP contribution in [0.5, 0.6) is 0 Å². The zero-order valence-electron chi connectivity index (χ0n) is 13.4. The van der Waals surface area contributed by atoms with Gasteiger partial charge in [-0.25, -0.2) is 13.2 Å². The molecule has 3 aromatic rings. The van der Waals surface area contributed by atoms with Gasteiger partial charge in [-0.15, -0.1) is 0 Å². The molecule has 1 heterocycles. The molecule has 7 heteroatoms. The molecule has 0 aliphatic heterocycles. The van der Waals surface area contributed by atoms with Crippen molar-refractivity contribution in [1.82, 2.24) is 5.16 Å². The SMILES string of the molecule is O=C(Nc1ccc(F)c(F)c1F)C1(c2cc(-c3ccccc3)on2)CC1. The summed E-state index contributed by atoms with van der Waals surface area (Å²) in [5.74, 6) is -4.39. The zero-order valence-corrected chi connectivity index (χ0v) is 13.4. The number of aromatic nitrogens is 1. The molecule has 1 aliphatic rings. The Morgan fingerprint density at radius 1 is 1.04 bits per heavy atom. The van der Waals surface area contributed by atoms with Crippen LogP contribution >= 0.6 is 0 Å². The first kappa shape index (κ1) is 16.4. The lowest BCUT2D eigenvalue weighted by Gasteiger charge is -2.13. The van der Waals surface area contributed by atoms with Gasteiger partial charge in [0.25, 0.3) is 0 Å². The Bertz CT molecular complexity index is 982. The monoisotopic (exact) mass is 358 g/mol. The van der Waals surface area contributed by atoms with Crippen LogP contribution in [0.25, 0.3) is 11.3 Å². The van der Waals surface area contributed by atoms with Crippen molar-refractivity contribution in [3.8, 4) is 11.3 Å². The van der Waals surface area contributed by atoms with Crippen LogP contribution in [-0.4, -0.2) is 11.1 Å². The Kier molecular flexibility index (Phi) is 3.79. The molecule has 0 unspecified atom stereocenters. The third kappa shape index (κ3) is 2.65. The fraction of sp³-hybridized carbons (Fsp3) is 0.158. The second kappa shape index (κ2) is 6.01. The van der Waals surface area contributed by atoms with Gasteiger partial charge in [-0.2, -0.15) is 0 Å². The number of carbonyl (C=O) groups excluding carboxylic acids is 1. The van der Waals surface area contributed by atoms with Crippen molar-refractivity contribution in [2.45, 2.75) is 18.3 Å². The first-order chi connectivity index (χ1) is 12.5. The molecule has 132 valence electrons. The van der Waals surface area contributed by atoms with Crippen molar-refractivity contribution in [2.75, 3.05) is 5.32 Å². The minimum Gasteiger partial charge on any atom is -0.356 e. The van der Waals surface area contributed by atoms with Crippen molar-refractivity contribution in [3.63, 3.8) is 0 Å². The lowest BCUT2D eigenvalue weighted by Crippen LogP contribution is -2.28. The summed E-state index contributed by atoms with van der Waals surface area (Å²) in [4.78, 5) is 12.6. The smallest absolute Gasteiger partial charge is 0.236 e. The van der Waals surface area contributed by atoms with Crippen molar-refractivity contribution in [2.24, 2.45) is 0 Å². The Morgan fingerprint density at radius 3 is 2.46 bits per heavy atom. The maximum Gasteiger partial charge on any atom is 0.236 e. The van der Waals surface area contributed by atoms with E-state index in [0.29, 0.717) is 24.3 Å². The predicted molar refractivity (Wildman–Crippen MR) is 87.8 cm³/mol. The Morgan fingerprint density at radius 2 is 1.77 bits per heavy atom. The largest absolute Gasteiger partial charge is 0.356 e. The fourth-order valence-corrected chi connectivity index (χ4v) is 2.83. The standard InChI is InChI=1S/C19H13F3N2O2/c20-12-6-7-13(17(22)16(12)21)23-18(25)19(8-9-19)15-10-14(26-24-15)11-4-2-1-3-5-11/h1-7,10H,8-9H2,(H,23,25). The third-order valence-electron chi connectivity index (χ3n) is 4.53. The molecular formula is C19H13F3N2O2. The van der Waals surface area contributed by atoms with E-state index in [1.807, 2.05) is 30.3 Å². The highest BCUT2D eigenvalue weighted by atomic mass is 19.2. The van der Waals surface area contributed by atoms with Crippen molar-refractivity contribution >= 4 is 11.6 Å². The molecule has 0 radical (unpaired) electrons. The van der Waals surface area contributed by atoms with Crippen molar-refractivity contribution in [1.29, 1.82) is 0 Å². The van der Waals surface area contributed by atoms with Gasteiger partial charge in [-0.1, -0.05) is 35.5 Å². The summed E-state index contributed by atoms with van der Waals surface area (Å²) in [7, 11) is 0. The van der Waals surface area contributed by atoms with E-state index in [-0.39, 0.29) is 0 Å². The lowest BCUT2D eigenvalue weighted by atomic mass is 10.00. The number of amides is 1. The predicted octanol–water partition coefficient (Wildman–Crippen LogP) is 4.43. The van der Waals surface area contributed by atoms with E-state index in [1.165, 1.54) is 0 Å². The normalized spacial score (nSPS) is 14.9.